The minimum Gasteiger partial charge on any atom is -0.378 e. The monoisotopic (exact) mass is 1890 g/mol. The molecule has 25 rings (SSSR count). The number of aromatic nitrogens is 10. The number of ketones is 4. The van der Waals surface area contributed by atoms with Gasteiger partial charge in [-0.2, -0.15) is 0 Å². The van der Waals surface area contributed by atoms with E-state index in [2.05, 4.69) is 0 Å². The van der Waals surface area contributed by atoms with Crippen LogP contribution in [-0.2, 0) is 0 Å². The molecule has 0 spiro atoms. The predicted molar refractivity (Wildman–Crippen MR) is 556 cm³/mol. The second kappa shape index (κ2) is 32.4. The Labute approximate surface area is 814 Å². The van der Waals surface area contributed by atoms with Gasteiger partial charge in [0, 0.05) is 181 Å². The van der Waals surface area contributed by atoms with E-state index in [1.165, 1.54) is 17.0 Å². The normalized spacial score (nSPS) is 14.1. The summed E-state index contributed by atoms with van der Waals surface area (Å²) in [6.45, 7) is 9.20. The number of halogens is 1. The highest BCUT2D eigenvalue weighted by molar-refractivity contribution is 6.44. The second-order valence-electron chi connectivity index (χ2n) is 37.7. The molecule has 0 saturated heterocycles. The van der Waals surface area contributed by atoms with E-state index in [0.717, 1.165) is 88.0 Å². The van der Waals surface area contributed by atoms with Crippen molar-refractivity contribution in [3.8, 4) is 0 Å². The molecule has 29 heteroatoms. The average molecular weight is 1890 g/mol. The van der Waals surface area contributed by atoms with Crippen molar-refractivity contribution in [3.63, 3.8) is 0 Å². The van der Waals surface area contributed by atoms with Crippen LogP contribution in [-0.4, -0.2) is 179 Å². The number of aryl methyl sites for hydroxylation is 5. The minimum atomic E-state index is -1.11. The van der Waals surface area contributed by atoms with E-state index >= 15 is 0 Å². The fraction of sp³-hybridized carbons (Fsp3) is 0.150. The molecule has 0 fully saturated rings. The first kappa shape index (κ1) is 88.2. The van der Waals surface area contributed by atoms with Gasteiger partial charge < -0.3 is 24.5 Å². The van der Waals surface area contributed by atoms with Gasteiger partial charge >= 0.3 is 0 Å². The van der Waals surface area contributed by atoms with Gasteiger partial charge in [-0.25, -0.2) is 64.5 Å². The third-order valence-corrected chi connectivity index (χ3v) is 28.1. The maximum atomic E-state index is 14.4. The minimum absolute atomic E-state index is 0.152. The van der Waals surface area contributed by atoms with Crippen molar-refractivity contribution in [2.24, 2.45) is 0 Å². The molecule has 2 aliphatic carbocycles. The predicted octanol–water partition coefficient (Wildman–Crippen LogP) is 20.1. The highest BCUT2D eigenvalue weighted by atomic mass is 35.5. The molecule has 692 valence electrons. The molecule has 3 aliphatic heterocycles. The fourth-order valence-corrected chi connectivity index (χ4v) is 20.5. The number of rotatable bonds is 10. The summed E-state index contributed by atoms with van der Waals surface area (Å²) in [6, 6.07) is 65.1. The first-order chi connectivity index (χ1) is 68.1. The Kier molecular flexibility index (Phi) is 20.1. The molecular formula is C113H83ClN18O10. The second-order valence-corrected chi connectivity index (χ2v) is 38.1. The molecule has 15 aromatic carbocycles. The van der Waals surface area contributed by atoms with Crippen molar-refractivity contribution in [3.05, 3.63) is 318 Å². The van der Waals surface area contributed by atoms with Crippen molar-refractivity contribution in [1.29, 1.82) is 0 Å². The quantitative estimate of drug-likeness (QED) is 0.0697. The number of fused-ring (bicyclic) bond motifs is 12. The van der Waals surface area contributed by atoms with Gasteiger partial charge in [-0.3, -0.25) is 47.9 Å². The largest absolute Gasteiger partial charge is 0.378 e. The topological polar surface area (TPSA) is 326 Å². The summed E-state index contributed by atoms with van der Waals surface area (Å²) in [6.07, 6.45) is 0. The van der Waals surface area contributed by atoms with Crippen molar-refractivity contribution >= 4 is 248 Å². The van der Waals surface area contributed by atoms with E-state index in [0.29, 0.717) is 143 Å². The van der Waals surface area contributed by atoms with Crippen LogP contribution in [0.25, 0.3) is 132 Å². The lowest BCUT2D eigenvalue weighted by atomic mass is 9.85. The van der Waals surface area contributed by atoms with Gasteiger partial charge in [0.15, 0.2) is 23.1 Å². The number of hydrogen-bond acceptors (Lipinski definition) is 25. The van der Waals surface area contributed by atoms with Crippen LogP contribution in [0.4, 0.5) is 45.5 Å². The van der Waals surface area contributed by atoms with E-state index in [1.807, 2.05) is 257 Å². The Morgan fingerprint density at radius 1 is 0.218 bits per heavy atom. The van der Waals surface area contributed by atoms with Gasteiger partial charge in [0.05, 0.1) is 127 Å². The van der Waals surface area contributed by atoms with Crippen LogP contribution < -0.4 is 39.2 Å². The van der Waals surface area contributed by atoms with Crippen molar-refractivity contribution in [2.75, 3.05) is 110 Å². The summed E-state index contributed by atoms with van der Waals surface area (Å²) < 4.78 is 0. The molecule has 28 nitrogen and oxygen atoms in total. The maximum Gasteiger partial charge on any atom is 0.265 e. The standard InChI is InChI=1S/C44H32N8O4.C42H32N6O4.C27H19ClN4O2/c1-21-15-31-35(47-33-17-23(49(3)4)7-13-29(33)45-31)19-37(21)51-41(53)25-9-11-27-40-28(12-10-26(39(25)40)42(51)54)44(56)52(43(27)55)38-20-36-32(16-22(38)2)46-30-14-8-24(50(5)6)18-34(30)48-36;1-19-11-31-35(45-33-13-21(47(3)4)7-9-29(33)43-31)17-23(19)37-39(49)25-15-27-28(16-26(25)40(37)50)42(52)38(41(27)51)24-18-36-32(12-20(24)2)44-30-10-8-22(48(5)6)14-34(30)46-36;1-14-11-21-23(30-22-12-15(31(2)3)7-10-20(22)29-21)13-24(14)32-26(33)17-6-4-5-16-19(28)9-8-18(25(16)17)27(32)34/h7-20H,1-6H3;7-18,37-38H,1-6H3;4-13H,1-3H3. The first-order valence-electron chi connectivity index (χ1n) is 45.9. The van der Waals surface area contributed by atoms with Gasteiger partial charge in [0.25, 0.3) is 35.4 Å². The summed E-state index contributed by atoms with van der Waals surface area (Å²) >= 11 is 6.35. The van der Waals surface area contributed by atoms with E-state index in [-0.39, 0.29) is 67.1 Å². The molecule has 0 saturated carbocycles. The zero-order chi connectivity index (χ0) is 98.9. The lowest BCUT2D eigenvalue weighted by molar-refractivity contribution is 0.0873. The molecule has 0 atom stereocenters. The summed E-state index contributed by atoms with van der Waals surface area (Å²) in [5.74, 6) is -6.85. The number of benzene rings is 15. The van der Waals surface area contributed by atoms with Crippen LogP contribution in [0.15, 0.2) is 218 Å². The molecule has 6 amide bonds. The van der Waals surface area contributed by atoms with Gasteiger partial charge in [0.1, 0.15) is 11.8 Å². The number of amides is 6. The average Bonchev–Trinajstić information content (AvgIpc) is 1.20. The Hall–Kier alpha value is -17.8. The van der Waals surface area contributed by atoms with Crippen molar-refractivity contribution < 1.29 is 47.9 Å². The van der Waals surface area contributed by atoms with Crippen LogP contribution in [0.2, 0.25) is 5.02 Å². The number of nitrogens with zero attached hydrogens (tertiary/aromatic N) is 18. The number of carbonyl (C=O) groups is 10. The molecular weight excluding hydrogens is 1800 g/mol. The van der Waals surface area contributed by atoms with E-state index in [1.54, 1.807) is 78.9 Å². The summed E-state index contributed by atoms with van der Waals surface area (Å²) in [4.78, 5) is 203. The fourth-order valence-electron chi connectivity index (χ4n) is 20.2. The number of imide groups is 3. The Bertz CT molecular complexity index is 8820. The van der Waals surface area contributed by atoms with E-state index in [9.17, 15) is 47.9 Å². The third kappa shape index (κ3) is 13.8. The number of anilines is 8. The zero-order valence-corrected chi connectivity index (χ0v) is 80.2. The van der Waals surface area contributed by atoms with Crippen molar-refractivity contribution in [1.82, 2.24) is 49.8 Å². The summed E-state index contributed by atoms with van der Waals surface area (Å²) in [7, 11) is 19.5. The Morgan fingerprint density at radius 2 is 0.437 bits per heavy atom. The molecule has 0 radical (unpaired) electrons. The number of hydrogen-bond donors (Lipinski definition) is 0. The maximum absolute atomic E-state index is 14.4. The molecule has 0 unspecified atom stereocenters. The summed E-state index contributed by atoms with van der Waals surface area (Å²) in [5.41, 5.74) is 26.5. The summed E-state index contributed by atoms with van der Waals surface area (Å²) in [5, 5.41) is 2.38. The SMILES string of the molecule is Cc1cc2nc3ccc(N(C)C)cc3nc2cc1C1C(=O)c2cc3c(cc2C1=O)C(=O)C(c1cc2nc4cc(N(C)C)ccc4nc2cc1C)C3=O.Cc1cc2nc3ccc(N(C)C)cc3nc2cc1N1C(=O)c2ccc3c4c(ccc(c24)C1=O)C(=O)N(c1cc2nc4cc(N(C)C)ccc4nc2cc1C)C3=O.Cc1cc2nc3ccc(N(C)C)cc3nc2cc1N1C(=O)c2cccc3c(Cl)ccc(c23)C1=O. The third-order valence-electron chi connectivity index (χ3n) is 27.8. The van der Waals surface area contributed by atoms with Gasteiger partial charge in [-0.1, -0.05) is 23.7 Å². The molecule has 142 heavy (non-hydrogen) atoms. The van der Waals surface area contributed by atoms with E-state index in [4.69, 9.17) is 61.4 Å². The van der Waals surface area contributed by atoms with Crippen LogP contribution in [0.3, 0.4) is 0 Å². The molecule has 20 aromatic rings. The first-order valence-corrected chi connectivity index (χ1v) is 46.3. The molecule has 8 heterocycles. The highest BCUT2D eigenvalue weighted by Crippen LogP contribution is 2.48. The van der Waals surface area contributed by atoms with Gasteiger partial charge in [-0.05, 0) is 280 Å². The van der Waals surface area contributed by atoms with Gasteiger partial charge in [-0.15, -0.1) is 0 Å². The van der Waals surface area contributed by atoms with Crippen LogP contribution >= 0.6 is 11.6 Å². The smallest absolute Gasteiger partial charge is 0.265 e. The Morgan fingerprint density at radius 3 is 0.704 bits per heavy atom. The van der Waals surface area contributed by atoms with Crippen LogP contribution in [0.1, 0.15) is 154 Å². The number of Topliss-reactive ketones (excluding diaryl/α,β-unsaturated/α-hetero) is 4. The molecule has 5 aromatic heterocycles. The zero-order valence-electron chi connectivity index (χ0n) is 79.4. The van der Waals surface area contributed by atoms with Crippen molar-refractivity contribution in [2.45, 2.75) is 46.5 Å². The molecule has 0 N–H and O–H groups in total. The Balaban J connectivity index is 0.000000122. The lowest BCUT2D eigenvalue weighted by Crippen LogP contribution is -2.43. The number of carbonyl (C=O) groups excluding carboxylic acids is 10. The van der Waals surface area contributed by atoms with E-state index < -0.39 is 58.6 Å². The lowest BCUT2D eigenvalue weighted by Gasteiger charge is -2.32. The molecule has 5 aliphatic rings. The van der Waals surface area contributed by atoms with Crippen LogP contribution in [0, 0.1) is 34.6 Å². The van der Waals surface area contributed by atoms with Gasteiger partial charge in [0.2, 0.25) is 0 Å². The van der Waals surface area contributed by atoms with Crippen LogP contribution in [0.5, 0.6) is 0 Å². The highest BCUT2D eigenvalue weighted by Gasteiger charge is 2.48. The molecule has 0 bridgehead atoms.